The summed E-state index contributed by atoms with van der Waals surface area (Å²) in [7, 11) is 0. The fourth-order valence-corrected chi connectivity index (χ4v) is 2.08. The predicted octanol–water partition coefficient (Wildman–Crippen LogP) is 2.99. The number of hydrogen-bond acceptors (Lipinski definition) is 3. The Balaban J connectivity index is 1.79. The normalized spacial score (nSPS) is 10.5. The maximum Gasteiger partial charge on any atom is 0.257 e. The zero-order chi connectivity index (χ0) is 14.7. The largest absolute Gasteiger partial charge is 0.494 e. The molecule has 0 bridgehead atoms. The van der Waals surface area contributed by atoms with Gasteiger partial charge in [0.15, 0.2) is 0 Å². The molecule has 0 aliphatic heterocycles. The minimum absolute atomic E-state index is 0.200. The van der Waals surface area contributed by atoms with E-state index < -0.39 is 0 Å². The summed E-state index contributed by atoms with van der Waals surface area (Å²) in [5.41, 5.74) is 1.49. The van der Waals surface area contributed by atoms with E-state index in [4.69, 9.17) is 4.74 Å². The second-order valence-corrected chi connectivity index (χ2v) is 4.49. The lowest BCUT2D eigenvalue weighted by molar-refractivity contribution is 0.102. The number of pyridine rings is 1. The van der Waals surface area contributed by atoms with E-state index in [2.05, 4.69) is 10.3 Å². The van der Waals surface area contributed by atoms with Crippen LogP contribution in [-0.2, 0) is 0 Å². The van der Waals surface area contributed by atoms with Crippen LogP contribution in [0, 0.1) is 0 Å². The van der Waals surface area contributed by atoms with E-state index in [1.165, 1.54) is 0 Å². The summed E-state index contributed by atoms with van der Waals surface area (Å²) >= 11 is 0. The summed E-state index contributed by atoms with van der Waals surface area (Å²) in [6.07, 6.45) is 3.57. The third-order valence-corrected chi connectivity index (χ3v) is 3.09. The highest BCUT2D eigenvalue weighted by molar-refractivity contribution is 6.03. The molecule has 0 radical (unpaired) electrons. The predicted molar refractivity (Wildman–Crippen MR) is 80.8 cm³/mol. The Hall–Kier alpha value is -2.82. The lowest BCUT2D eigenvalue weighted by Crippen LogP contribution is -2.14. The molecule has 2 heterocycles. The second-order valence-electron chi connectivity index (χ2n) is 4.49. The topological polar surface area (TPSA) is 55.6 Å². The maximum absolute atomic E-state index is 12.2. The van der Waals surface area contributed by atoms with Crippen molar-refractivity contribution < 1.29 is 9.53 Å². The number of amides is 1. The van der Waals surface area contributed by atoms with Crippen LogP contribution in [0.1, 0.15) is 17.3 Å². The molecule has 21 heavy (non-hydrogen) atoms. The van der Waals surface area contributed by atoms with Crippen LogP contribution >= 0.6 is 0 Å². The van der Waals surface area contributed by atoms with Gasteiger partial charge in [-0.05, 0) is 43.3 Å². The van der Waals surface area contributed by atoms with Gasteiger partial charge in [-0.2, -0.15) is 0 Å². The van der Waals surface area contributed by atoms with Gasteiger partial charge in [0, 0.05) is 11.8 Å². The Kier molecular flexibility index (Phi) is 3.55. The summed E-state index contributed by atoms with van der Waals surface area (Å²) < 4.78 is 7.18. The van der Waals surface area contributed by atoms with E-state index in [0.717, 1.165) is 11.3 Å². The van der Waals surface area contributed by atoms with Crippen molar-refractivity contribution >= 4 is 17.4 Å². The van der Waals surface area contributed by atoms with Gasteiger partial charge in [-0.15, -0.1) is 0 Å². The molecular formula is C16H15N3O2. The smallest absolute Gasteiger partial charge is 0.257 e. The SMILES string of the molecule is CCOc1ccc(C(=O)Nc2ncc3ccccn23)cc1. The van der Waals surface area contributed by atoms with Crippen LogP contribution in [0.5, 0.6) is 5.75 Å². The number of aromatic nitrogens is 2. The van der Waals surface area contributed by atoms with Gasteiger partial charge >= 0.3 is 0 Å². The first kappa shape index (κ1) is 13.2. The van der Waals surface area contributed by atoms with Crippen molar-refractivity contribution in [1.29, 1.82) is 0 Å². The van der Waals surface area contributed by atoms with Gasteiger partial charge in [0.05, 0.1) is 18.3 Å². The molecule has 1 aromatic carbocycles. The van der Waals surface area contributed by atoms with Crippen LogP contribution in [0.15, 0.2) is 54.9 Å². The molecule has 0 fully saturated rings. The molecule has 2 aromatic heterocycles. The van der Waals surface area contributed by atoms with E-state index in [1.54, 1.807) is 30.5 Å². The molecule has 3 aromatic rings. The van der Waals surface area contributed by atoms with Crippen LogP contribution in [-0.4, -0.2) is 21.9 Å². The third-order valence-electron chi connectivity index (χ3n) is 3.09. The van der Waals surface area contributed by atoms with Gasteiger partial charge in [-0.3, -0.25) is 14.5 Å². The molecule has 0 saturated heterocycles. The Morgan fingerprint density at radius 1 is 1.24 bits per heavy atom. The van der Waals surface area contributed by atoms with Crippen molar-refractivity contribution in [2.24, 2.45) is 0 Å². The Bertz CT molecular complexity index is 763. The average molecular weight is 281 g/mol. The van der Waals surface area contributed by atoms with Crippen molar-refractivity contribution in [2.45, 2.75) is 6.92 Å². The molecule has 5 nitrogen and oxygen atoms in total. The Labute approximate surface area is 122 Å². The number of anilines is 1. The summed E-state index contributed by atoms with van der Waals surface area (Å²) in [6, 6.07) is 12.8. The average Bonchev–Trinajstić information content (AvgIpc) is 2.92. The van der Waals surface area contributed by atoms with Gasteiger partial charge in [0.1, 0.15) is 5.75 Å². The van der Waals surface area contributed by atoms with E-state index >= 15 is 0 Å². The second kappa shape index (κ2) is 5.66. The summed E-state index contributed by atoms with van der Waals surface area (Å²) in [5, 5.41) is 2.80. The van der Waals surface area contributed by atoms with E-state index in [9.17, 15) is 4.79 Å². The first-order valence-corrected chi connectivity index (χ1v) is 6.74. The standard InChI is InChI=1S/C16H15N3O2/c1-2-21-14-8-6-12(7-9-14)15(20)18-16-17-11-13-5-3-4-10-19(13)16/h3-11H,2H2,1H3,(H,17,18,20). The van der Waals surface area contributed by atoms with Gasteiger partial charge in [-0.1, -0.05) is 6.07 Å². The fourth-order valence-electron chi connectivity index (χ4n) is 2.08. The number of carbonyl (C=O) groups excluding carboxylic acids is 1. The lowest BCUT2D eigenvalue weighted by atomic mass is 10.2. The minimum Gasteiger partial charge on any atom is -0.494 e. The number of ether oxygens (including phenoxy) is 1. The molecule has 1 N–H and O–H groups in total. The summed E-state index contributed by atoms with van der Waals surface area (Å²) in [5.74, 6) is 1.05. The molecule has 0 saturated carbocycles. The lowest BCUT2D eigenvalue weighted by Gasteiger charge is -2.06. The van der Waals surface area contributed by atoms with E-state index in [1.807, 2.05) is 35.7 Å². The van der Waals surface area contributed by atoms with Crippen LogP contribution in [0.4, 0.5) is 5.95 Å². The van der Waals surface area contributed by atoms with Gasteiger partial charge < -0.3 is 4.74 Å². The van der Waals surface area contributed by atoms with Crippen LogP contribution in [0.3, 0.4) is 0 Å². The molecule has 106 valence electrons. The highest BCUT2D eigenvalue weighted by atomic mass is 16.5. The van der Waals surface area contributed by atoms with Crippen molar-refractivity contribution in [3.63, 3.8) is 0 Å². The molecule has 5 heteroatoms. The number of nitrogens with one attached hydrogen (secondary N) is 1. The van der Waals surface area contributed by atoms with Gasteiger partial charge in [0.2, 0.25) is 5.95 Å². The molecule has 0 aliphatic carbocycles. The molecule has 0 atom stereocenters. The van der Waals surface area contributed by atoms with E-state index in [-0.39, 0.29) is 5.91 Å². The van der Waals surface area contributed by atoms with Crippen molar-refractivity contribution in [3.8, 4) is 5.75 Å². The number of hydrogen-bond donors (Lipinski definition) is 1. The van der Waals surface area contributed by atoms with Crippen molar-refractivity contribution in [3.05, 3.63) is 60.4 Å². The quantitative estimate of drug-likeness (QED) is 0.800. The summed E-state index contributed by atoms with van der Waals surface area (Å²) in [6.45, 7) is 2.52. The number of imidazole rings is 1. The van der Waals surface area contributed by atoms with Gasteiger partial charge in [0.25, 0.3) is 5.91 Å². The van der Waals surface area contributed by atoms with Gasteiger partial charge in [-0.25, -0.2) is 4.98 Å². The molecule has 1 amide bonds. The number of rotatable bonds is 4. The van der Waals surface area contributed by atoms with Crippen molar-refractivity contribution in [2.75, 3.05) is 11.9 Å². The highest BCUT2D eigenvalue weighted by Gasteiger charge is 2.09. The first-order valence-electron chi connectivity index (χ1n) is 6.74. The highest BCUT2D eigenvalue weighted by Crippen LogP contribution is 2.15. The van der Waals surface area contributed by atoms with E-state index in [0.29, 0.717) is 18.1 Å². The number of fused-ring (bicyclic) bond motifs is 1. The minimum atomic E-state index is -0.200. The van der Waals surface area contributed by atoms with Crippen molar-refractivity contribution in [1.82, 2.24) is 9.38 Å². The zero-order valence-electron chi connectivity index (χ0n) is 11.6. The molecular weight excluding hydrogens is 266 g/mol. The molecule has 0 spiro atoms. The third kappa shape index (κ3) is 2.72. The monoisotopic (exact) mass is 281 g/mol. The van der Waals surface area contributed by atoms with Crippen LogP contribution < -0.4 is 10.1 Å². The maximum atomic E-state index is 12.2. The van der Waals surface area contributed by atoms with Crippen LogP contribution in [0.25, 0.3) is 5.52 Å². The molecule has 0 unspecified atom stereocenters. The Morgan fingerprint density at radius 3 is 2.81 bits per heavy atom. The molecule has 3 rings (SSSR count). The number of carbonyl (C=O) groups is 1. The van der Waals surface area contributed by atoms with Crippen LogP contribution in [0.2, 0.25) is 0 Å². The zero-order valence-corrected chi connectivity index (χ0v) is 11.6. The number of benzene rings is 1. The summed E-state index contributed by atoms with van der Waals surface area (Å²) in [4.78, 5) is 16.4. The first-order chi connectivity index (χ1) is 10.3. The fraction of sp³-hybridized carbons (Fsp3) is 0.125. The Morgan fingerprint density at radius 2 is 2.05 bits per heavy atom. The number of nitrogens with zero attached hydrogens (tertiary/aromatic N) is 2. The molecule has 0 aliphatic rings.